The van der Waals surface area contributed by atoms with Crippen LogP contribution in [0.1, 0.15) is 16.7 Å². The molecule has 0 aliphatic heterocycles. The van der Waals surface area contributed by atoms with Crippen LogP contribution in [0.15, 0.2) is 48.8 Å². The predicted molar refractivity (Wildman–Crippen MR) is 121 cm³/mol. The number of para-hydroxylation sites is 1. The van der Waals surface area contributed by atoms with E-state index in [4.69, 9.17) is 21.1 Å². The zero-order valence-electron chi connectivity index (χ0n) is 17.5. The summed E-state index contributed by atoms with van der Waals surface area (Å²) in [6.07, 6.45) is 1.37. The molecule has 1 amide bonds. The number of aryl methyl sites for hydroxylation is 2. The Hall–Kier alpha value is -3.36. The molecule has 1 aromatic heterocycles. The standard InChI is InChI=1S/C22H24ClN5O3/c1-14-5-4-6-15(2)22(14)27-21(29)12-31-17-8-7-16(9-18(17)30-3)11-26-28-20-10-19(23)24-13-25-20/h4-10,13,26H,11-12H2,1-3H3,(H,27,29)(H,24,25,28). The molecule has 0 fully saturated rings. The van der Waals surface area contributed by atoms with Crippen LogP contribution in [-0.2, 0) is 11.3 Å². The Morgan fingerprint density at radius 3 is 2.55 bits per heavy atom. The van der Waals surface area contributed by atoms with Crippen molar-refractivity contribution >= 4 is 29.0 Å². The van der Waals surface area contributed by atoms with Gasteiger partial charge in [0.15, 0.2) is 18.1 Å². The van der Waals surface area contributed by atoms with E-state index >= 15 is 0 Å². The number of anilines is 2. The fraction of sp³-hybridized carbons (Fsp3) is 0.227. The summed E-state index contributed by atoms with van der Waals surface area (Å²) >= 11 is 5.83. The van der Waals surface area contributed by atoms with Crippen LogP contribution in [0.4, 0.5) is 11.5 Å². The van der Waals surface area contributed by atoms with Gasteiger partial charge in [-0.3, -0.25) is 4.79 Å². The van der Waals surface area contributed by atoms with Crippen molar-refractivity contribution in [2.45, 2.75) is 20.4 Å². The maximum atomic E-state index is 12.3. The van der Waals surface area contributed by atoms with E-state index in [1.165, 1.54) is 6.33 Å². The number of aromatic nitrogens is 2. The zero-order valence-corrected chi connectivity index (χ0v) is 18.3. The molecule has 0 saturated carbocycles. The molecule has 9 heteroatoms. The number of hydrogen-bond donors (Lipinski definition) is 3. The number of nitrogens with one attached hydrogen (secondary N) is 3. The SMILES string of the molecule is COc1cc(CNNc2cc(Cl)ncn2)ccc1OCC(=O)Nc1c(C)cccc1C. The van der Waals surface area contributed by atoms with Crippen LogP contribution in [0.2, 0.25) is 5.15 Å². The van der Waals surface area contributed by atoms with Crippen molar-refractivity contribution in [3.8, 4) is 11.5 Å². The number of carbonyl (C=O) groups excluding carboxylic acids is 1. The van der Waals surface area contributed by atoms with Gasteiger partial charge >= 0.3 is 0 Å². The van der Waals surface area contributed by atoms with Crippen molar-refractivity contribution in [3.05, 3.63) is 70.6 Å². The molecule has 3 rings (SSSR count). The predicted octanol–water partition coefficient (Wildman–Crippen LogP) is 3.89. The second-order valence-corrected chi connectivity index (χ2v) is 7.18. The topological polar surface area (TPSA) is 97.4 Å². The fourth-order valence-electron chi connectivity index (χ4n) is 2.91. The third-order valence-corrected chi connectivity index (χ3v) is 4.68. The molecule has 0 bridgehead atoms. The minimum absolute atomic E-state index is 0.127. The van der Waals surface area contributed by atoms with Crippen LogP contribution in [0.3, 0.4) is 0 Å². The van der Waals surface area contributed by atoms with E-state index in [1.807, 2.05) is 44.2 Å². The summed E-state index contributed by atoms with van der Waals surface area (Å²) in [6, 6.07) is 12.9. The summed E-state index contributed by atoms with van der Waals surface area (Å²) in [7, 11) is 1.55. The van der Waals surface area contributed by atoms with Crippen LogP contribution in [-0.4, -0.2) is 29.6 Å². The summed E-state index contributed by atoms with van der Waals surface area (Å²) in [6.45, 7) is 4.27. The first-order valence-electron chi connectivity index (χ1n) is 9.58. The van der Waals surface area contributed by atoms with Gasteiger partial charge in [0.25, 0.3) is 5.91 Å². The van der Waals surface area contributed by atoms with E-state index in [1.54, 1.807) is 19.2 Å². The number of hydrazine groups is 1. The van der Waals surface area contributed by atoms with Gasteiger partial charge in [-0.15, -0.1) is 0 Å². The molecule has 2 aromatic carbocycles. The molecule has 0 atom stereocenters. The zero-order chi connectivity index (χ0) is 22.2. The van der Waals surface area contributed by atoms with Gasteiger partial charge in [0.2, 0.25) is 0 Å². The molecule has 0 unspecified atom stereocenters. The average Bonchev–Trinajstić information content (AvgIpc) is 2.75. The lowest BCUT2D eigenvalue weighted by molar-refractivity contribution is -0.118. The average molecular weight is 442 g/mol. The molecule has 0 aliphatic rings. The Bertz CT molecular complexity index is 1040. The Labute approximate surface area is 185 Å². The highest BCUT2D eigenvalue weighted by Gasteiger charge is 2.11. The van der Waals surface area contributed by atoms with Gasteiger partial charge in [0.1, 0.15) is 17.3 Å². The van der Waals surface area contributed by atoms with Gasteiger partial charge in [0, 0.05) is 18.3 Å². The number of rotatable bonds is 9. The first kappa shape index (κ1) is 22.3. The molecular weight excluding hydrogens is 418 g/mol. The van der Waals surface area contributed by atoms with E-state index in [0.717, 1.165) is 22.4 Å². The van der Waals surface area contributed by atoms with Crippen molar-refractivity contribution in [1.29, 1.82) is 0 Å². The third-order valence-electron chi connectivity index (χ3n) is 4.48. The maximum Gasteiger partial charge on any atom is 0.262 e. The number of nitrogens with zero attached hydrogens (tertiary/aromatic N) is 2. The quantitative estimate of drug-likeness (QED) is 0.342. The maximum absolute atomic E-state index is 12.3. The Morgan fingerprint density at radius 2 is 1.84 bits per heavy atom. The van der Waals surface area contributed by atoms with Crippen LogP contribution < -0.4 is 25.6 Å². The van der Waals surface area contributed by atoms with Gasteiger partial charge in [-0.05, 0) is 42.7 Å². The van der Waals surface area contributed by atoms with Gasteiger partial charge in [-0.1, -0.05) is 35.9 Å². The first-order chi connectivity index (χ1) is 15.0. The lowest BCUT2D eigenvalue weighted by atomic mass is 10.1. The Kier molecular flexibility index (Phi) is 7.64. The summed E-state index contributed by atoms with van der Waals surface area (Å²) < 4.78 is 11.1. The van der Waals surface area contributed by atoms with Gasteiger partial charge in [-0.25, -0.2) is 15.4 Å². The van der Waals surface area contributed by atoms with Crippen LogP contribution in [0.5, 0.6) is 11.5 Å². The lowest BCUT2D eigenvalue weighted by Gasteiger charge is -2.14. The van der Waals surface area contributed by atoms with Gasteiger partial charge in [0.05, 0.1) is 7.11 Å². The highest BCUT2D eigenvalue weighted by Crippen LogP contribution is 2.28. The molecule has 8 nitrogen and oxygen atoms in total. The molecule has 1 heterocycles. The first-order valence-corrected chi connectivity index (χ1v) is 9.96. The van der Waals surface area contributed by atoms with E-state index in [2.05, 4.69) is 26.1 Å². The van der Waals surface area contributed by atoms with Crippen molar-refractivity contribution in [1.82, 2.24) is 15.4 Å². The fourth-order valence-corrected chi connectivity index (χ4v) is 3.06. The largest absolute Gasteiger partial charge is 0.493 e. The van der Waals surface area contributed by atoms with Gasteiger partial charge in [-0.2, -0.15) is 0 Å². The van der Waals surface area contributed by atoms with Crippen molar-refractivity contribution in [2.24, 2.45) is 0 Å². The number of benzene rings is 2. The van der Waals surface area contributed by atoms with Crippen LogP contribution in [0.25, 0.3) is 0 Å². The minimum Gasteiger partial charge on any atom is -0.493 e. The second-order valence-electron chi connectivity index (χ2n) is 6.79. The summed E-state index contributed by atoms with van der Waals surface area (Å²) in [4.78, 5) is 20.2. The Balaban J connectivity index is 1.55. The van der Waals surface area contributed by atoms with E-state index in [0.29, 0.717) is 29.0 Å². The third kappa shape index (κ3) is 6.31. The van der Waals surface area contributed by atoms with Gasteiger partial charge < -0.3 is 20.2 Å². The Morgan fingerprint density at radius 1 is 1.06 bits per heavy atom. The number of ether oxygens (including phenoxy) is 2. The second kappa shape index (κ2) is 10.6. The van der Waals surface area contributed by atoms with E-state index < -0.39 is 0 Å². The smallest absolute Gasteiger partial charge is 0.262 e. The molecule has 0 aliphatic carbocycles. The molecular formula is C22H24ClN5O3. The molecule has 3 N–H and O–H groups in total. The summed E-state index contributed by atoms with van der Waals surface area (Å²) in [5, 5.41) is 3.25. The molecule has 31 heavy (non-hydrogen) atoms. The van der Waals surface area contributed by atoms with Crippen LogP contribution in [0, 0.1) is 13.8 Å². The molecule has 162 valence electrons. The molecule has 0 spiro atoms. The van der Waals surface area contributed by atoms with Crippen LogP contribution >= 0.6 is 11.6 Å². The highest BCUT2D eigenvalue weighted by atomic mass is 35.5. The summed E-state index contributed by atoms with van der Waals surface area (Å²) in [5.74, 6) is 1.34. The van der Waals surface area contributed by atoms with Crippen molar-refractivity contribution in [3.63, 3.8) is 0 Å². The van der Waals surface area contributed by atoms with Crippen molar-refractivity contribution < 1.29 is 14.3 Å². The monoisotopic (exact) mass is 441 g/mol. The minimum atomic E-state index is -0.238. The molecule has 0 radical (unpaired) electrons. The number of amides is 1. The normalized spacial score (nSPS) is 10.5. The van der Waals surface area contributed by atoms with Crippen molar-refractivity contribution in [2.75, 3.05) is 24.5 Å². The summed E-state index contributed by atoms with van der Waals surface area (Å²) in [5.41, 5.74) is 9.74. The number of methoxy groups -OCH3 is 1. The highest BCUT2D eigenvalue weighted by molar-refractivity contribution is 6.29. The number of carbonyl (C=O) groups is 1. The molecule has 3 aromatic rings. The number of halogens is 1. The van der Waals surface area contributed by atoms with E-state index in [-0.39, 0.29) is 12.5 Å². The molecule has 0 saturated heterocycles. The number of hydrogen-bond acceptors (Lipinski definition) is 7. The van der Waals surface area contributed by atoms with E-state index in [9.17, 15) is 4.79 Å². The lowest BCUT2D eigenvalue weighted by Crippen LogP contribution is -2.22.